The molecule has 0 atom stereocenters. The maximum atomic E-state index is 12.3. The normalized spacial score (nSPS) is 11.0. The van der Waals surface area contributed by atoms with Gasteiger partial charge in [-0.05, 0) is 47.8 Å². The third-order valence-electron chi connectivity index (χ3n) is 2.67. The summed E-state index contributed by atoms with van der Waals surface area (Å²) in [5.41, 5.74) is 0.733. The van der Waals surface area contributed by atoms with Crippen molar-refractivity contribution in [2.45, 2.75) is 8.87 Å². The summed E-state index contributed by atoms with van der Waals surface area (Å²) in [5, 5.41) is 0. The number of Topliss-reactive ketones (excluding diaryl/α,β-unsaturated/α-hetero) is 1. The molecule has 0 amide bonds. The molecule has 2 rings (SSSR count). The zero-order valence-corrected chi connectivity index (χ0v) is 15.8. The molecule has 22 heavy (non-hydrogen) atoms. The van der Waals surface area contributed by atoms with Gasteiger partial charge >= 0.3 is 11.7 Å². The van der Waals surface area contributed by atoms with E-state index in [-0.39, 0.29) is 18.0 Å². The van der Waals surface area contributed by atoms with Gasteiger partial charge in [0.05, 0.1) is 6.20 Å². The molecule has 1 aromatic carbocycles. The van der Waals surface area contributed by atoms with Gasteiger partial charge in [-0.3, -0.25) is 9.78 Å². The molecule has 0 bridgehead atoms. The van der Waals surface area contributed by atoms with Crippen molar-refractivity contribution in [3.63, 3.8) is 0 Å². The van der Waals surface area contributed by atoms with Crippen LogP contribution in [0.1, 0.15) is 20.8 Å². The van der Waals surface area contributed by atoms with Gasteiger partial charge < -0.3 is 4.74 Å². The Labute approximate surface area is 152 Å². The molecule has 8 heteroatoms. The number of carbonyl (C=O) groups excluding carboxylic acids is 2. The standard InChI is InChI=1S/C14H10Br3N2O3/c15-14(16,17)22-13(21)11-8-18-6-7-19(11)9-12(20)10-4-2-1-3-5-10/h1-8H,9H2/q+1. The lowest BCUT2D eigenvalue weighted by molar-refractivity contribution is -0.686. The number of halogens is 3. The quantitative estimate of drug-likeness (QED) is 0.284. The first-order valence-electron chi connectivity index (χ1n) is 6.08. The summed E-state index contributed by atoms with van der Waals surface area (Å²) in [6.45, 7) is 0.0107. The molecule has 0 unspecified atom stereocenters. The Morgan fingerprint density at radius 1 is 1.18 bits per heavy atom. The van der Waals surface area contributed by atoms with E-state index in [1.54, 1.807) is 30.5 Å². The van der Waals surface area contributed by atoms with E-state index in [2.05, 4.69) is 52.8 Å². The van der Waals surface area contributed by atoms with Gasteiger partial charge in [-0.25, -0.2) is 4.79 Å². The maximum Gasteiger partial charge on any atom is 0.408 e. The number of hydrogen-bond donors (Lipinski definition) is 0. The molecule has 2 aromatic rings. The fourth-order valence-electron chi connectivity index (χ4n) is 1.72. The van der Waals surface area contributed by atoms with Gasteiger partial charge in [0.15, 0.2) is 6.20 Å². The van der Waals surface area contributed by atoms with E-state index in [0.29, 0.717) is 5.56 Å². The predicted molar refractivity (Wildman–Crippen MR) is 90.1 cm³/mol. The topological polar surface area (TPSA) is 60.1 Å². The SMILES string of the molecule is O=C(C[n+]1ccncc1C(=O)OC(Br)(Br)Br)c1ccccc1. The van der Waals surface area contributed by atoms with Gasteiger partial charge in [0, 0.05) is 5.56 Å². The van der Waals surface area contributed by atoms with E-state index in [1.807, 2.05) is 6.07 Å². The highest BCUT2D eigenvalue weighted by molar-refractivity contribution is 9.39. The highest BCUT2D eigenvalue weighted by atomic mass is 80.0. The fourth-order valence-corrected chi connectivity index (χ4v) is 2.16. The summed E-state index contributed by atoms with van der Waals surface area (Å²) < 4.78 is 5.41. The number of esters is 1. The Morgan fingerprint density at radius 3 is 2.50 bits per heavy atom. The molecule has 1 aromatic heterocycles. The Hall–Kier alpha value is -1.12. The van der Waals surface area contributed by atoms with Crippen molar-refractivity contribution >= 4 is 59.5 Å². The fraction of sp³-hybridized carbons (Fsp3) is 0.143. The summed E-state index contributed by atoms with van der Waals surface area (Å²) in [6.07, 6.45) is 4.40. The molecule has 0 N–H and O–H groups in total. The highest BCUT2D eigenvalue weighted by Gasteiger charge is 2.30. The number of aromatic nitrogens is 2. The molecule has 0 aliphatic heterocycles. The largest absolute Gasteiger partial charge is 0.419 e. The number of ketones is 1. The average Bonchev–Trinajstić information content (AvgIpc) is 2.47. The molecule has 0 saturated heterocycles. The molecule has 1 heterocycles. The lowest BCUT2D eigenvalue weighted by atomic mass is 10.1. The van der Waals surface area contributed by atoms with Crippen LogP contribution in [0.3, 0.4) is 0 Å². The van der Waals surface area contributed by atoms with Crippen molar-refractivity contribution in [1.29, 1.82) is 0 Å². The van der Waals surface area contributed by atoms with E-state index >= 15 is 0 Å². The molecule has 0 fully saturated rings. The van der Waals surface area contributed by atoms with E-state index < -0.39 is 8.30 Å². The second kappa shape index (κ2) is 7.43. The number of benzene rings is 1. The van der Waals surface area contributed by atoms with Crippen LogP contribution < -0.4 is 4.57 Å². The van der Waals surface area contributed by atoms with Crippen LogP contribution in [0.5, 0.6) is 0 Å². The van der Waals surface area contributed by atoms with E-state index in [4.69, 9.17) is 4.74 Å². The Kier molecular flexibility index (Phi) is 5.82. The zero-order valence-electron chi connectivity index (χ0n) is 11.1. The van der Waals surface area contributed by atoms with Gasteiger partial charge in [0.2, 0.25) is 12.3 Å². The molecular formula is C14H10Br3N2O3+. The van der Waals surface area contributed by atoms with Crippen molar-refractivity contribution in [3.8, 4) is 0 Å². The number of hydrogen-bond acceptors (Lipinski definition) is 4. The number of ether oxygens (including phenoxy) is 1. The molecule has 0 aliphatic rings. The van der Waals surface area contributed by atoms with Crippen LogP contribution in [-0.2, 0) is 11.3 Å². The van der Waals surface area contributed by atoms with Crippen LogP contribution in [0.4, 0.5) is 0 Å². The summed E-state index contributed by atoms with van der Waals surface area (Å²) in [4.78, 5) is 28.3. The lowest BCUT2D eigenvalue weighted by Crippen LogP contribution is -2.44. The van der Waals surface area contributed by atoms with Gasteiger partial charge in [-0.1, -0.05) is 30.3 Å². The summed E-state index contributed by atoms with van der Waals surface area (Å²) in [5.74, 6) is -0.756. The van der Waals surface area contributed by atoms with Gasteiger partial charge in [0.25, 0.3) is 2.33 Å². The second-order valence-corrected chi connectivity index (χ2v) is 10.8. The Balaban J connectivity index is 2.22. The van der Waals surface area contributed by atoms with E-state index in [0.717, 1.165) is 0 Å². The number of nitrogens with zero attached hydrogens (tertiary/aromatic N) is 2. The van der Waals surface area contributed by atoms with Gasteiger partial charge in [0.1, 0.15) is 6.20 Å². The smallest absolute Gasteiger partial charge is 0.408 e. The summed E-state index contributed by atoms with van der Waals surface area (Å²) >= 11 is 9.25. The van der Waals surface area contributed by atoms with Crippen molar-refractivity contribution in [2.75, 3.05) is 0 Å². The molecule has 114 valence electrons. The van der Waals surface area contributed by atoms with Crippen molar-refractivity contribution < 1.29 is 18.9 Å². The van der Waals surface area contributed by atoms with Crippen LogP contribution in [0.25, 0.3) is 0 Å². The number of alkyl halides is 3. The second-order valence-electron chi connectivity index (χ2n) is 4.21. The van der Waals surface area contributed by atoms with E-state index in [1.165, 1.54) is 17.0 Å². The zero-order chi connectivity index (χ0) is 16.2. The number of rotatable bonds is 4. The minimum atomic E-state index is -1.17. The first-order chi connectivity index (χ1) is 10.4. The summed E-state index contributed by atoms with van der Waals surface area (Å²) in [7, 11) is 0. The van der Waals surface area contributed by atoms with Crippen molar-refractivity contribution in [1.82, 2.24) is 4.98 Å². The van der Waals surface area contributed by atoms with Crippen molar-refractivity contribution in [2.24, 2.45) is 0 Å². The van der Waals surface area contributed by atoms with Crippen LogP contribution in [0.15, 0.2) is 48.9 Å². The average molecular weight is 494 g/mol. The first-order valence-corrected chi connectivity index (χ1v) is 8.46. The van der Waals surface area contributed by atoms with Crippen LogP contribution in [0, 0.1) is 0 Å². The minimum absolute atomic E-state index is 0.0107. The maximum absolute atomic E-state index is 12.3. The minimum Gasteiger partial charge on any atom is -0.419 e. The molecule has 5 nitrogen and oxygen atoms in total. The third kappa shape index (κ3) is 4.96. The Morgan fingerprint density at radius 2 is 1.86 bits per heavy atom. The highest BCUT2D eigenvalue weighted by Crippen LogP contribution is 2.35. The predicted octanol–water partition coefficient (Wildman–Crippen LogP) is 3.20. The number of carbonyl (C=O) groups is 2. The molecule has 0 saturated carbocycles. The monoisotopic (exact) mass is 491 g/mol. The summed E-state index contributed by atoms with van der Waals surface area (Å²) in [6, 6.07) is 8.86. The van der Waals surface area contributed by atoms with Gasteiger partial charge in [-0.15, -0.1) is 0 Å². The lowest BCUT2D eigenvalue weighted by Gasteiger charge is -2.12. The molecule has 0 spiro atoms. The van der Waals surface area contributed by atoms with Gasteiger partial charge in [-0.2, -0.15) is 4.57 Å². The molecule has 0 radical (unpaired) electrons. The Bertz CT molecular complexity index is 687. The van der Waals surface area contributed by atoms with Crippen LogP contribution >= 0.6 is 47.8 Å². The van der Waals surface area contributed by atoms with E-state index in [9.17, 15) is 9.59 Å². The first kappa shape index (κ1) is 17.2. The van der Waals surface area contributed by atoms with Crippen LogP contribution in [-0.4, -0.2) is 19.1 Å². The van der Waals surface area contributed by atoms with Crippen LogP contribution in [0.2, 0.25) is 0 Å². The molecule has 0 aliphatic carbocycles. The van der Waals surface area contributed by atoms with Crippen molar-refractivity contribution in [3.05, 3.63) is 60.2 Å². The third-order valence-corrected chi connectivity index (χ3v) is 3.15. The molecular weight excluding hydrogens is 484 g/mol.